The van der Waals surface area contributed by atoms with E-state index < -0.39 is 0 Å². The van der Waals surface area contributed by atoms with E-state index in [-0.39, 0.29) is 29.3 Å². The van der Waals surface area contributed by atoms with E-state index in [9.17, 15) is 14.7 Å². The molecule has 1 fully saturated rings. The molecule has 20 heavy (non-hydrogen) atoms. The summed E-state index contributed by atoms with van der Waals surface area (Å²) < 4.78 is 0. The fraction of sp³-hybridized carbons (Fsp3) is 0.500. The van der Waals surface area contributed by atoms with Gasteiger partial charge in [-0.05, 0) is 37.1 Å². The molecular weight excluding hydrogens is 254 g/mol. The molecule has 4 nitrogen and oxygen atoms in total. The maximum absolute atomic E-state index is 12.3. The van der Waals surface area contributed by atoms with Crippen molar-refractivity contribution in [1.82, 2.24) is 4.90 Å². The number of ketones is 1. The van der Waals surface area contributed by atoms with Crippen LogP contribution in [0.5, 0.6) is 5.75 Å². The first-order valence-electron chi connectivity index (χ1n) is 7.11. The van der Waals surface area contributed by atoms with Gasteiger partial charge in [0, 0.05) is 30.5 Å². The third kappa shape index (κ3) is 3.18. The summed E-state index contributed by atoms with van der Waals surface area (Å²) >= 11 is 0. The number of carbonyl (C=O) groups excluding carboxylic acids is 2. The van der Waals surface area contributed by atoms with E-state index in [2.05, 4.69) is 0 Å². The van der Waals surface area contributed by atoms with Gasteiger partial charge < -0.3 is 10.0 Å². The van der Waals surface area contributed by atoms with Crippen molar-refractivity contribution in [2.45, 2.75) is 26.7 Å². The highest BCUT2D eigenvalue weighted by atomic mass is 16.3. The van der Waals surface area contributed by atoms with Crippen molar-refractivity contribution in [2.24, 2.45) is 11.8 Å². The lowest BCUT2D eigenvalue weighted by atomic mass is 9.88. The second-order valence-electron chi connectivity index (χ2n) is 5.67. The van der Waals surface area contributed by atoms with Crippen LogP contribution in [0.4, 0.5) is 0 Å². The van der Waals surface area contributed by atoms with E-state index in [1.54, 1.807) is 12.1 Å². The predicted octanol–water partition coefficient (Wildman–Crippen LogP) is 2.47. The summed E-state index contributed by atoms with van der Waals surface area (Å²) in [7, 11) is 0. The van der Waals surface area contributed by atoms with Gasteiger partial charge in [0.2, 0.25) is 5.91 Å². The number of piperidine rings is 1. The molecule has 0 saturated carbocycles. The Labute approximate surface area is 119 Å². The number of phenols is 1. The first kappa shape index (κ1) is 14.6. The summed E-state index contributed by atoms with van der Waals surface area (Å²) in [6.07, 6.45) is 1.44. The molecule has 0 unspecified atom stereocenters. The van der Waals surface area contributed by atoms with Gasteiger partial charge in [-0.3, -0.25) is 9.59 Å². The molecule has 1 N–H and O–H groups in total. The van der Waals surface area contributed by atoms with Crippen LogP contribution >= 0.6 is 0 Å². The second kappa shape index (κ2) is 6.07. The first-order chi connectivity index (χ1) is 9.49. The summed E-state index contributed by atoms with van der Waals surface area (Å²) in [5, 5.41) is 9.24. The molecule has 0 bridgehead atoms. The van der Waals surface area contributed by atoms with Crippen molar-refractivity contribution in [3.05, 3.63) is 29.8 Å². The maximum Gasteiger partial charge on any atom is 0.225 e. The Bertz CT molecular complexity index is 485. The summed E-state index contributed by atoms with van der Waals surface area (Å²) in [4.78, 5) is 26.1. The zero-order valence-corrected chi connectivity index (χ0v) is 12.0. The highest BCUT2D eigenvalue weighted by Gasteiger charge is 2.28. The minimum Gasteiger partial charge on any atom is -0.508 e. The van der Waals surface area contributed by atoms with Crippen LogP contribution in [0.1, 0.15) is 37.0 Å². The SMILES string of the molecule is CC(C)C(=O)N1CCC(C(=O)c2ccc(O)cc2)CC1. The highest BCUT2D eigenvalue weighted by molar-refractivity contribution is 5.98. The van der Waals surface area contributed by atoms with Gasteiger partial charge in [0.25, 0.3) is 0 Å². The summed E-state index contributed by atoms with van der Waals surface area (Å²) in [6.45, 7) is 5.11. The lowest BCUT2D eigenvalue weighted by Crippen LogP contribution is -2.42. The number of aromatic hydroxyl groups is 1. The van der Waals surface area contributed by atoms with Crippen LogP contribution in [-0.2, 0) is 4.79 Å². The number of nitrogens with zero attached hydrogens (tertiary/aromatic N) is 1. The Hall–Kier alpha value is -1.84. The quantitative estimate of drug-likeness (QED) is 0.862. The number of likely N-dealkylation sites (tertiary alicyclic amines) is 1. The summed E-state index contributed by atoms with van der Waals surface area (Å²) in [6, 6.07) is 6.38. The van der Waals surface area contributed by atoms with Gasteiger partial charge in [-0.1, -0.05) is 13.8 Å². The molecular formula is C16H21NO3. The molecule has 1 aliphatic rings. The van der Waals surface area contributed by atoms with E-state index in [1.807, 2.05) is 18.7 Å². The van der Waals surface area contributed by atoms with Gasteiger partial charge >= 0.3 is 0 Å². The van der Waals surface area contributed by atoms with Gasteiger partial charge in [-0.2, -0.15) is 0 Å². The van der Waals surface area contributed by atoms with E-state index in [0.29, 0.717) is 18.7 Å². The Kier molecular flexibility index (Phi) is 4.42. The molecule has 4 heteroatoms. The van der Waals surface area contributed by atoms with Crippen LogP contribution in [0.2, 0.25) is 0 Å². The molecule has 1 aliphatic heterocycles. The fourth-order valence-electron chi connectivity index (χ4n) is 2.59. The topological polar surface area (TPSA) is 57.6 Å². The molecule has 0 atom stereocenters. The fourth-order valence-corrected chi connectivity index (χ4v) is 2.59. The zero-order chi connectivity index (χ0) is 14.7. The summed E-state index contributed by atoms with van der Waals surface area (Å²) in [5.41, 5.74) is 0.636. The molecule has 2 rings (SSSR count). The molecule has 0 aromatic heterocycles. The van der Waals surface area contributed by atoms with Gasteiger partial charge in [0.1, 0.15) is 5.75 Å². The van der Waals surface area contributed by atoms with Crippen LogP contribution in [0.25, 0.3) is 0 Å². The van der Waals surface area contributed by atoms with E-state index in [1.165, 1.54) is 12.1 Å². The van der Waals surface area contributed by atoms with Gasteiger partial charge in [0.15, 0.2) is 5.78 Å². The number of amides is 1. The van der Waals surface area contributed by atoms with Crippen molar-refractivity contribution in [2.75, 3.05) is 13.1 Å². The van der Waals surface area contributed by atoms with Gasteiger partial charge in [0.05, 0.1) is 0 Å². The monoisotopic (exact) mass is 275 g/mol. The van der Waals surface area contributed by atoms with Crippen LogP contribution in [-0.4, -0.2) is 34.8 Å². The van der Waals surface area contributed by atoms with Crippen LogP contribution in [0, 0.1) is 11.8 Å². The smallest absolute Gasteiger partial charge is 0.225 e. The molecule has 108 valence electrons. The molecule has 1 heterocycles. The van der Waals surface area contributed by atoms with Crippen LogP contribution < -0.4 is 0 Å². The molecule has 1 saturated heterocycles. The van der Waals surface area contributed by atoms with E-state index in [0.717, 1.165) is 12.8 Å². The number of Topliss-reactive ketones (excluding diaryl/α,β-unsaturated/α-hetero) is 1. The molecule has 0 spiro atoms. The third-order valence-corrected chi connectivity index (χ3v) is 3.82. The van der Waals surface area contributed by atoms with Gasteiger partial charge in [-0.15, -0.1) is 0 Å². The molecule has 1 amide bonds. The van der Waals surface area contributed by atoms with Crippen molar-refractivity contribution in [3.63, 3.8) is 0 Å². The number of rotatable bonds is 3. The lowest BCUT2D eigenvalue weighted by molar-refractivity contribution is -0.135. The van der Waals surface area contributed by atoms with Crippen LogP contribution in [0.3, 0.4) is 0 Å². The Morgan fingerprint density at radius 1 is 1.15 bits per heavy atom. The maximum atomic E-state index is 12.3. The third-order valence-electron chi connectivity index (χ3n) is 3.82. The number of phenolic OH excluding ortho intramolecular Hbond substituents is 1. The van der Waals surface area contributed by atoms with Crippen molar-refractivity contribution >= 4 is 11.7 Å². The number of benzene rings is 1. The molecule has 0 radical (unpaired) electrons. The average molecular weight is 275 g/mol. The minimum atomic E-state index is -0.0178. The van der Waals surface area contributed by atoms with Crippen molar-refractivity contribution < 1.29 is 14.7 Å². The zero-order valence-electron chi connectivity index (χ0n) is 12.0. The average Bonchev–Trinajstić information content (AvgIpc) is 2.46. The Morgan fingerprint density at radius 2 is 1.70 bits per heavy atom. The van der Waals surface area contributed by atoms with E-state index in [4.69, 9.17) is 0 Å². The predicted molar refractivity (Wildman–Crippen MR) is 76.6 cm³/mol. The number of hydrogen-bond donors (Lipinski definition) is 1. The molecule has 0 aliphatic carbocycles. The molecule has 1 aromatic carbocycles. The van der Waals surface area contributed by atoms with E-state index >= 15 is 0 Å². The minimum absolute atomic E-state index is 0.0133. The Balaban J connectivity index is 1.95. The second-order valence-corrected chi connectivity index (χ2v) is 5.67. The number of hydrogen-bond acceptors (Lipinski definition) is 3. The molecule has 1 aromatic rings. The first-order valence-corrected chi connectivity index (χ1v) is 7.11. The van der Waals surface area contributed by atoms with Gasteiger partial charge in [-0.25, -0.2) is 0 Å². The lowest BCUT2D eigenvalue weighted by Gasteiger charge is -2.32. The van der Waals surface area contributed by atoms with Crippen LogP contribution in [0.15, 0.2) is 24.3 Å². The Morgan fingerprint density at radius 3 is 2.20 bits per heavy atom. The summed E-state index contributed by atoms with van der Waals surface area (Å²) in [5.74, 6) is 0.441. The van der Waals surface area contributed by atoms with Crippen molar-refractivity contribution in [1.29, 1.82) is 0 Å². The largest absolute Gasteiger partial charge is 0.508 e. The standard InChI is InChI=1S/C16H21NO3/c1-11(2)16(20)17-9-7-13(8-10-17)15(19)12-3-5-14(18)6-4-12/h3-6,11,13,18H,7-10H2,1-2H3. The number of carbonyl (C=O) groups is 2. The highest BCUT2D eigenvalue weighted by Crippen LogP contribution is 2.23. The normalized spacial score (nSPS) is 16.4. The van der Waals surface area contributed by atoms with Crippen molar-refractivity contribution in [3.8, 4) is 5.75 Å².